The van der Waals surface area contributed by atoms with Crippen molar-refractivity contribution in [1.82, 2.24) is 10.4 Å². The van der Waals surface area contributed by atoms with Gasteiger partial charge in [0.2, 0.25) is 0 Å². The number of benzene rings is 4. The summed E-state index contributed by atoms with van der Waals surface area (Å²) in [5.74, 6) is -0.223. The summed E-state index contributed by atoms with van der Waals surface area (Å²) in [5.41, 5.74) is 5.36. The van der Waals surface area contributed by atoms with Gasteiger partial charge in [0.05, 0.1) is 12.7 Å². The van der Waals surface area contributed by atoms with Crippen molar-refractivity contribution < 1.29 is 24.2 Å². The number of amides is 2. The molecule has 0 aromatic heterocycles. The fraction of sp³-hybridized carbons (Fsp3) is 0.103. The monoisotopic (exact) mass is 573 g/mol. The summed E-state index contributed by atoms with van der Waals surface area (Å²) in [4.78, 5) is 26.8. The van der Waals surface area contributed by atoms with Crippen LogP contribution in [0.15, 0.2) is 95.5 Å². The van der Waals surface area contributed by atoms with E-state index in [2.05, 4.69) is 26.7 Å². The van der Waals surface area contributed by atoms with Crippen LogP contribution in [0.4, 0.5) is 5.69 Å². The molecule has 192 valence electrons. The van der Waals surface area contributed by atoms with E-state index in [1.807, 2.05) is 30.3 Å². The highest BCUT2D eigenvalue weighted by Crippen LogP contribution is 2.40. The number of para-hydroxylation sites is 1. The van der Waals surface area contributed by atoms with E-state index in [9.17, 15) is 14.7 Å². The van der Waals surface area contributed by atoms with Crippen LogP contribution in [0.3, 0.4) is 0 Å². The second-order valence-electron chi connectivity index (χ2n) is 8.55. The number of halogens is 1. The van der Waals surface area contributed by atoms with Crippen molar-refractivity contribution in [3.63, 3.8) is 0 Å². The van der Waals surface area contributed by atoms with Crippen LogP contribution in [0.2, 0.25) is 0 Å². The van der Waals surface area contributed by atoms with E-state index >= 15 is 0 Å². The van der Waals surface area contributed by atoms with Gasteiger partial charge >= 0.3 is 0 Å². The van der Waals surface area contributed by atoms with Crippen LogP contribution in [-0.4, -0.2) is 29.0 Å². The molecule has 3 N–H and O–H groups in total. The number of ether oxygens (including phenoxy) is 2. The van der Waals surface area contributed by atoms with E-state index in [0.717, 1.165) is 5.56 Å². The third-order valence-corrected chi connectivity index (χ3v) is 6.61. The maximum Gasteiger partial charge on any atom is 0.276 e. The van der Waals surface area contributed by atoms with Gasteiger partial charge in [-0.3, -0.25) is 15.0 Å². The van der Waals surface area contributed by atoms with Crippen LogP contribution < -0.4 is 20.2 Å². The number of phenols is 1. The Morgan fingerprint density at radius 2 is 1.79 bits per heavy atom. The molecule has 0 bridgehead atoms. The van der Waals surface area contributed by atoms with Gasteiger partial charge in [0.1, 0.15) is 12.4 Å². The molecule has 2 amide bonds. The van der Waals surface area contributed by atoms with Gasteiger partial charge < -0.3 is 19.9 Å². The van der Waals surface area contributed by atoms with Gasteiger partial charge in [-0.2, -0.15) is 0 Å². The van der Waals surface area contributed by atoms with Crippen LogP contribution in [0.1, 0.15) is 38.0 Å². The molecule has 8 nitrogen and oxygen atoms in total. The second-order valence-corrected chi connectivity index (χ2v) is 9.47. The molecule has 1 heterocycles. The number of hydrazine groups is 1. The topological polar surface area (TPSA) is 100 Å². The van der Waals surface area contributed by atoms with Gasteiger partial charge in [-0.1, -0.05) is 58.4 Å². The molecule has 0 saturated carbocycles. The van der Waals surface area contributed by atoms with Crippen molar-refractivity contribution >= 4 is 33.4 Å². The van der Waals surface area contributed by atoms with Gasteiger partial charge in [0.25, 0.3) is 11.8 Å². The lowest BCUT2D eigenvalue weighted by Gasteiger charge is -2.38. The van der Waals surface area contributed by atoms with Gasteiger partial charge in [-0.15, -0.1) is 0 Å². The number of hydrogen-bond donors (Lipinski definition) is 3. The number of rotatable bonds is 7. The fourth-order valence-electron chi connectivity index (χ4n) is 4.15. The first-order chi connectivity index (χ1) is 18.4. The van der Waals surface area contributed by atoms with E-state index in [0.29, 0.717) is 39.2 Å². The molecule has 0 aliphatic carbocycles. The molecule has 0 saturated heterocycles. The van der Waals surface area contributed by atoms with Crippen molar-refractivity contribution in [2.24, 2.45) is 0 Å². The highest BCUT2D eigenvalue weighted by Gasteiger charge is 2.36. The predicted octanol–water partition coefficient (Wildman–Crippen LogP) is 5.65. The molecule has 4 aromatic rings. The summed E-state index contributed by atoms with van der Waals surface area (Å²) >= 11 is 3.40. The zero-order valence-electron chi connectivity index (χ0n) is 20.4. The number of anilines is 1. The quantitative estimate of drug-likeness (QED) is 0.264. The SMILES string of the molecule is COc1cccc([C@H]2Nc3ccc(Br)cc3C(=O)N2NC(=O)c2ccc(OCc3ccccc3)cc2)c1O. The number of phenolic OH excluding ortho intramolecular Hbond substituents is 1. The first kappa shape index (κ1) is 25.2. The third kappa shape index (κ3) is 5.14. The van der Waals surface area contributed by atoms with Crippen molar-refractivity contribution in [1.29, 1.82) is 0 Å². The molecular weight excluding hydrogens is 550 g/mol. The number of methoxy groups -OCH3 is 1. The van der Waals surface area contributed by atoms with E-state index in [1.165, 1.54) is 12.1 Å². The Morgan fingerprint density at radius 3 is 2.53 bits per heavy atom. The van der Waals surface area contributed by atoms with Crippen LogP contribution in [0, 0.1) is 0 Å². The van der Waals surface area contributed by atoms with Gasteiger partial charge in [-0.25, -0.2) is 5.01 Å². The standard InChI is InChI=1S/C29H24BrN3O5/c1-37-25-9-5-8-22(26(25)34)27-31-24-15-12-20(30)16-23(24)29(36)33(27)32-28(35)19-10-13-21(14-11-19)38-17-18-6-3-2-4-7-18/h2-16,27,31,34H,17H2,1H3,(H,32,35)/t27-/m0/s1. The van der Waals surface area contributed by atoms with E-state index in [4.69, 9.17) is 9.47 Å². The van der Waals surface area contributed by atoms with Crippen LogP contribution >= 0.6 is 15.9 Å². The van der Waals surface area contributed by atoms with Gasteiger partial charge in [0.15, 0.2) is 17.7 Å². The molecule has 1 aliphatic heterocycles. The number of nitrogens with zero attached hydrogens (tertiary/aromatic N) is 1. The maximum atomic E-state index is 13.6. The summed E-state index contributed by atoms with van der Waals surface area (Å²) < 4.78 is 11.8. The molecule has 0 unspecified atom stereocenters. The fourth-order valence-corrected chi connectivity index (χ4v) is 4.51. The number of nitrogens with one attached hydrogen (secondary N) is 2. The van der Waals surface area contributed by atoms with Crippen molar-refractivity contribution in [2.75, 3.05) is 12.4 Å². The lowest BCUT2D eigenvalue weighted by molar-refractivity contribution is 0.0488. The molecule has 0 radical (unpaired) electrons. The first-order valence-corrected chi connectivity index (χ1v) is 12.6. The molecule has 38 heavy (non-hydrogen) atoms. The van der Waals surface area contributed by atoms with Crippen molar-refractivity contribution in [3.8, 4) is 17.2 Å². The largest absolute Gasteiger partial charge is 0.504 e. The maximum absolute atomic E-state index is 13.6. The zero-order valence-corrected chi connectivity index (χ0v) is 21.9. The molecule has 1 aliphatic rings. The smallest absolute Gasteiger partial charge is 0.276 e. The van der Waals surface area contributed by atoms with E-state index in [-0.39, 0.29) is 11.5 Å². The Morgan fingerprint density at radius 1 is 1.03 bits per heavy atom. The zero-order chi connectivity index (χ0) is 26.6. The second kappa shape index (κ2) is 10.9. The Balaban J connectivity index is 1.40. The predicted molar refractivity (Wildman–Crippen MR) is 146 cm³/mol. The van der Waals surface area contributed by atoms with Gasteiger partial charge in [0, 0.05) is 21.3 Å². The summed E-state index contributed by atoms with van der Waals surface area (Å²) in [6.07, 6.45) is -0.899. The highest BCUT2D eigenvalue weighted by molar-refractivity contribution is 9.10. The molecule has 4 aromatic carbocycles. The lowest BCUT2D eigenvalue weighted by atomic mass is 10.0. The third-order valence-electron chi connectivity index (χ3n) is 6.11. The highest BCUT2D eigenvalue weighted by atomic mass is 79.9. The lowest BCUT2D eigenvalue weighted by Crippen LogP contribution is -2.52. The number of hydrogen-bond acceptors (Lipinski definition) is 6. The van der Waals surface area contributed by atoms with Crippen LogP contribution in [0.5, 0.6) is 17.2 Å². The first-order valence-electron chi connectivity index (χ1n) is 11.8. The average Bonchev–Trinajstić information content (AvgIpc) is 2.94. The molecule has 0 spiro atoms. The number of carbonyl (C=O) groups is 2. The molecule has 9 heteroatoms. The van der Waals surface area contributed by atoms with Gasteiger partial charge in [-0.05, 0) is 54.1 Å². The minimum Gasteiger partial charge on any atom is -0.504 e. The molecule has 1 atom stereocenters. The summed E-state index contributed by atoms with van der Waals surface area (Å²) in [6, 6.07) is 26.6. The normalized spacial score (nSPS) is 14.3. The number of aromatic hydroxyl groups is 1. The molecule has 0 fully saturated rings. The summed E-state index contributed by atoms with van der Waals surface area (Å²) in [7, 11) is 1.44. The molecular formula is C29H24BrN3O5. The minimum absolute atomic E-state index is 0.139. The molecule has 5 rings (SSSR count). The van der Waals surface area contributed by atoms with Crippen molar-refractivity contribution in [3.05, 3.63) is 118 Å². The van der Waals surface area contributed by atoms with Crippen LogP contribution in [0.25, 0.3) is 0 Å². The Kier molecular flexibility index (Phi) is 7.19. The van der Waals surface area contributed by atoms with E-state index < -0.39 is 18.0 Å². The number of carbonyl (C=O) groups excluding carboxylic acids is 2. The Bertz CT molecular complexity index is 1480. The average molecular weight is 574 g/mol. The Hall–Kier alpha value is -4.50. The summed E-state index contributed by atoms with van der Waals surface area (Å²) in [6.45, 7) is 0.404. The summed E-state index contributed by atoms with van der Waals surface area (Å²) in [5, 5.41) is 15.2. The van der Waals surface area contributed by atoms with Crippen molar-refractivity contribution in [2.45, 2.75) is 12.8 Å². The minimum atomic E-state index is -0.899. The Labute approximate surface area is 227 Å². The number of fused-ring (bicyclic) bond motifs is 1. The van der Waals surface area contributed by atoms with Crippen LogP contribution in [-0.2, 0) is 6.61 Å². The van der Waals surface area contributed by atoms with E-state index in [1.54, 1.807) is 60.7 Å².